The predicted molar refractivity (Wildman–Crippen MR) is 131 cm³/mol. The molecular weight excluding hydrogens is 394 g/mol. The molecule has 0 fully saturated rings. The van der Waals surface area contributed by atoms with Gasteiger partial charge < -0.3 is 16.0 Å². The second-order valence-corrected chi connectivity index (χ2v) is 7.96. The Hall–Kier alpha value is -3.99. The van der Waals surface area contributed by atoms with Gasteiger partial charge in [0, 0.05) is 47.7 Å². The first-order valence-corrected chi connectivity index (χ1v) is 10.9. The van der Waals surface area contributed by atoms with Crippen LogP contribution < -0.4 is 10.6 Å². The summed E-state index contributed by atoms with van der Waals surface area (Å²) in [6, 6.07) is 24.8. The first-order chi connectivity index (χ1) is 15.7. The van der Waals surface area contributed by atoms with E-state index in [0.29, 0.717) is 18.1 Å². The van der Waals surface area contributed by atoms with Gasteiger partial charge in [-0.1, -0.05) is 66.7 Å². The maximum absolute atomic E-state index is 8.70. The molecule has 0 unspecified atom stereocenters. The van der Waals surface area contributed by atoms with Gasteiger partial charge in [0.25, 0.3) is 0 Å². The lowest BCUT2D eigenvalue weighted by molar-refractivity contribution is 0.903. The maximum atomic E-state index is 8.70. The molecule has 3 aromatic carbocycles. The summed E-state index contributed by atoms with van der Waals surface area (Å²) in [5.41, 5.74) is 6.62. The van der Waals surface area contributed by atoms with Crippen LogP contribution >= 0.6 is 0 Å². The average Bonchev–Trinajstić information content (AvgIpc) is 2.84. The summed E-state index contributed by atoms with van der Waals surface area (Å²) in [7, 11) is 1.92. The highest BCUT2D eigenvalue weighted by molar-refractivity contribution is 6.24. The Bertz CT molecular complexity index is 1320. The molecule has 1 heterocycles. The van der Waals surface area contributed by atoms with Gasteiger partial charge in [-0.15, -0.1) is 0 Å². The molecule has 32 heavy (non-hydrogen) atoms. The predicted octanol–water partition coefficient (Wildman–Crippen LogP) is 5.51. The highest BCUT2D eigenvalue weighted by atomic mass is 15.1. The monoisotopic (exact) mass is 419 g/mol. The minimum atomic E-state index is 0.544. The third kappa shape index (κ3) is 3.85. The summed E-state index contributed by atoms with van der Waals surface area (Å²) in [5, 5.41) is 17.7. The third-order valence-corrected chi connectivity index (χ3v) is 5.91. The zero-order valence-corrected chi connectivity index (χ0v) is 18.0. The SMILES string of the molecule is CN/C(Cc1ccccc1)=C1\C(=N)CCc2cnc(Nc3cccc4ccccc34)nc21. The first kappa shape index (κ1) is 19.9. The molecule has 1 aliphatic carbocycles. The lowest BCUT2D eigenvalue weighted by Crippen LogP contribution is -2.22. The van der Waals surface area contributed by atoms with Gasteiger partial charge in [-0.05, 0) is 35.4 Å². The molecule has 0 aliphatic heterocycles. The van der Waals surface area contributed by atoms with Gasteiger partial charge in [0.05, 0.1) is 5.69 Å². The van der Waals surface area contributed by atoms with Gasteiger partial charge in [-0.2, -0.15) is 0 Å². The summed E-state index contributed by atoms with van der Waals surface area (Å²) in [6.45, 7) is 0. The van der Waals surface area contributed by atoms with Gasteiger partial charge >= 0.3 is 0 Å². The van der Waals surface area contributed by atoms with Crippen molar-refractivity contribution in [3.8, 4) is 0 Å². The number of aryl methyl sites for hydroxylation is 1. The van der Waals surface area contributed by atoms with E-state index in [1.54, 1.807) is 0 Å². The number of rotatable bonds is 5. The molecule has 5 heteroatoms. The number of likely N-dealkylation sites (N-methyl/N-ethyl adjacent to an activating group) is 1. The van der Waals surface area contributed by atoms with E-state index in [1.165, 1.54) is 5.56 Å². The van der Waals surface area contributed by atoms with Crippen LogP contribution in [0.3, 0.4) is 0 Å². The summed E-state index contributed by atoms with van der Waals surface area (Å²) in [5.74, 6) is 0.544. The van der Waals surface area contributed by atoms with Crippen molar-refractivity contribution in [2.75, 3.05) is 12.4 Å². The molecule has 1 aromatic heterocycles. The van der Waals surface area contributed by atoms with Crippen molar-refractivity contribution in [2.24, 2.45) is 0 Å². The lowest BCUT2D eigenvalue weighted by atomic mass is 9.88. The van der Waals surface area contributed by atoms with Gasteiger partial charge in [0.15, 0.2) is 0 Å². The molecule has 0 amide bonds. The Labute approximate surface area is 187 Å². The summed E-state index contributed by atoms with van der Waals surface area (Å²) in [4.78, 5) is 9.48. The number of aromatic nitrogens is 2. The van der Waals surface area contributed by atoms with Gasteiger partial charge in [-0.3, -0.25) is 0 Å². The number of anilines is 2. The van der Waals surface area contributed by atoms with Crippen LogP contribution in [-0.2, 0) is 12.8 Å². The Morgan fingerprint density at radius 2 is 1.72 bits per heavy atom. The van der Waals surface area contributed by atoms with Gasteiger partial charge in [-0.25, -0.2) is 9.97 Å². The van der Waals surface area contributed by atoms with Crippen molar-refractivity contribution in [1.29, 1.82) is 5.41 Å². The van der Waals surface area contributed by atoms with E-state index >= 15 is 0 Å². The lowest BCUT2D eigenvalue weighted by Gasteiger charge is -2.23. The molecule has 0 spiro atoms. The quantitative estimate of drug-likeness (QED) is 0.399. The van der Waals surface area contributed by atoms with E-state index in [-0.39, 0.29) is 0 Å². The molecule has 3 N–H and O–H groups in total. The second-order valence-electron chi connectivity index (χ2n) is 7.96. The number of fused-ring (bicyclic) bond motifs is 2. The Morgan fingerprint density at radius 1 is 0.938 bits per heavy atom. The molecule has 4 aromatic rings. The normalized spacial score (nSPS) is 14.7. The van der Waals surface area contributed by atoms with Crippen LogP contribution in [0.4, 0.5) is 11.6 Å². The van der Waals surface area contributed by atoms with E-state index in [1.807, 2.05) is 55.7 Å². The standard InChI is InChI=1S/C27H25N5/c1-29-24(16-18-8-3-2-4-9-18)25-22(28)15-14-20-17-30-27(32-26(20)25)31-23-13-7-11-19-10-5-6-12-21(19)23/h2-13,17,28-29H,14-16H2,1H3,(H,30,31,32)/b25-24+,28-22?. The summed E-state index contributed by atoms with van der Waals surface area (Å²) < 4.78 is 0. The second kappa shape index (κ2) is 8.63. The van der Waals surface area contributed by atoms with Crippen molar-refractivity contribution in [2.45, 2.75) is 19.3 Å². The van der Waals surface area contributed by atoms with E-state index in [4.69, 9.17) is 10.4 Å². The highest BCUT2D eigenvalue weighted by Gasteiger charge is 2.24. The number of hydrogen-bond donors (Lipinski definition) is 3. The van der Waals surface area contributed by atoms with Crippen molar-refractivity contribution in [3.05, 3.63) is 102 Å². The minimum absolute atomic E-state index is 0.544. The smallest absolute Gasteiger partial charge is 0.227 e. The Kier molecular flexibility index (Phi) is 5.38. The van der Waals surface area contributed by atoms with E-state index in [9.17, 15) is 0 Å². The van der Waals surface area contributed by atoms with Crippen LogP contribution in [0.15, 0.2) is 84.7 Å². The van der Waals surface area contributed by atoms with Gasteiger partial charge in [0.1, 0.15) is 0 Å². The fourth-order valence-corrected chi connectivity index (χ4v) is 4.28. The molecule has 1 aliphatic rings. The maximum Gasteiger partial charge on any atom is 0.227 e. The molecule has 5 rings (SSSR count). The van der Waals surface area contributed by atoms with E-state index in [0.717, 1.165) is 51.8 Å². The van der Waals surface area contributed by atoms with E-state index < -0.39 is 0 Å². The molecule has 5 nitrogen and oxygen atoms in total. The van der Waals surface area contributed by atoms with Crippen LogP contribution in [0.5, 0.6) is 0 Å². The van der Waals surface area contributed by atoms with Crippen molar-refractivity contribution < 1.29 is 0 Å². The number of hydrogen-bond acceptors (Lipinski definition) is 5. The van der Waals surface area contributed by atoms with Crippen LogP contribution in [-0.4, -0.2) is 22.7 Å². The number of allylic oxidation sites excluding steroid dienone is 2. The highest BCUT2D eigenvalue weighted by Crippen LogP contribution is 2.31. The van der Waals surface area contributed by atoms with Crippen LogP contribution in [0.25, 0.3) is 16.3 Å². The topological polar surface area (TPSA) is 73.7 Å². The van der Waals surface area contributed by atoms with Gasteiger partial charge in [0.2, 0.25) is 5.95 Å². The molecule has 158 valence electrons. The molecular formula is C27H25N5. The van der Waals surface area contributed by atoms with Crippen molar-refractivity contribution >= 4 is 33.7 Å². The largest absolute Gasteiger partial charge is 0.391 e. The van der Waals surface area contributed by atoms with Crippen LogP contribution in [0.1, 0.15) is 23.2 Å². The molecule has 0 saturated heterocycles. The fraction of sp³-hybridized carbons (Fsp3) is 0.148. The van der Waals surface area contributed by atoms with Crippen LogP contribution in [0.2, 0.25) is 0 Å². The number of nitrogens with one attached hydrogen (secondary N) is 3. The molecule has 0 atom stereocenters. The summed E-state index contributed by atoms with van der Waals surface area (Å²) in [6.07, 6.45) is 4.11. The fourth-order valence-electron chi connectivity index (χ4n) is 4.28. The molecule has 0 saturated carbocycles. The minimum Gasteiger partial charge on any atom is -0.391 e. The first-order valence-electron chi connectivity index (χ1n) is 10.9. The van der Waals surface area contributed by atoms with Crippen molar-refractivity contribution in [1.82, 2.24) is 15.3 Å². The zero-order chi connectivity index (χ0) is 21.9. The van der Waals surface area contributed by atoms with Crippen molar-refractivity contribution in [3.63, 3.8) is 0 Å². The Morgan fingerprint density at radius 3 is 2.56 bits per heavy atom. The number of benzene rings is 3. The average molecular weight is 420 g/mol. The Balaban J connectivity index is 1.56. The molecule has 0 bridgehead atoms. The van der Waals surface area contributed by atoms with E-state index in [2.05, 4.69) is 45.9 Å². The number of nitrogens with zero attached hydrogens (tertiary/aromatic N) is 2. The zero-order valence-electron chi connectivity index (χ0n) is 18.0. The summed E-state index contributed by atoms with van der Waals surface area (Å²) >= 11 is 0. The van der Waals surface area contributed by atoms with Crippen LogP contribution in [0, 0.1) is 5.41 Å². The molecule has 0 radical (unpaired) electrons. The third-order valence-electron chi connectivity index (χ3n) is 5.91.